The van der Waals surface area contributed by atoms with Crippen molar-refractivity contribution in [3.8, 4) is 11.1 Å². The minimum atomic E-state index is -1.96. The normalized spacial score (nSPS) is 13.6. The van der Waals surface area contributed by atoms with Crippen LogP contribution in [0, 0.1) is 5.41 Å². The Kier molecular flexibility index (Phi) is 5.24. The molecule has 0 saturated heterocycles. The van der Waals surface area contributed by atoms with E-state index in [-0.39, 0.29) is 5.71 Å². The van der Waals surface area contributed by atoms with Gasteiger partial charge in [-0.05, 0) is 37.1 Å². The molecule has 1 unspecified atom stereocenters. The van der Waals surface area contributed by atoms with Crippen molar-refractivity contribution in [2.24, 2.45) is 10.6 Å². The van der Waals surface area contributed by atoms with Crippen LogP contribution in [0.2, 0.25) is 5.02 Å². The van der Waals surface area contributed by atoms with E-state index in [1.165, 1.54) is 13.8 Å². The molecule has 4 nitrogen and oxygen atoms in total. The first-order chi connectivity index (χ1) is 11.3. The summed E-state index contributed by atoms with van der Waals surface area (Å²) in [6, 6.07) is 13.9. The van der Waals surface area contributed by atoms with Gasteiger partial charge in [-0.1, -0.05) is 53.2 Å². The van der Waals surface area contributed by atoms with Crippen molar-refractivity contribution in [3.63, 3.8) is 0 Å². The summed E-state index contributed by atoms with van der Waals surface area (Å²) in [6.45, 7) is 2.49. The van der Waals surface area contributed by atoms with Gasteiger partial charge in [0.15, 0.2) is 6.17 Å². The van der Waals surface area contributed by atoms with Crippen molar-refractivity contribution in [3.05, 3.63) is 59.1 Å². The predicted octanol–water partition coefficient (Wildman–Crippen LogP) is 4.63. The Bertz CT molecular complexity index is 755. The Morgan fingerprint density at radius 2 is 1.54 bits per heavy atom. The van der Waals surface area contributed by atoms with Gasteiger partial charge in [-0.25, -0.2) is 4.39 Å². The second kappa shape index (κ2) is 7.01. The van der Waals surface area contributed by atoms with E-state index in [4.69, 9.17) is 21.9 Å². The van der Waals surface area contributed by atoms with Crippen LogP contribution in [0.4, 0.5) is 4.39 Å². The molecule has 0 aliphatic heterocycles. The molecule has 0 aliphatic carbocycles. The van der Waals surface area contributed by atoms with Gasteiger partial charge >= 0.3 is 5.97 Å². The number of carboxylic acids is 1. The van der Waals surface area contributed by atoms with Crippen LogP contribution in [-0.4, -0.2) is 28.2 Å². The molecular formula is C18H17ClFNO3. The van der Waals surface area contributed by atoms with Gasteiger partial charge in [0.25, 0.3) is 0 Å². The number of oxime groups is 1. The van der Waals surface area contributed by atoms with Crippen LogP contribution in [0.25, 0.3) is 11.1 Å². The molecular weight excluding hydrogens is 333 g/mol. The molecule has 2 N–H and O–H groups in total. The second-order valence-electron chi connectivity index (χ2n) is 5.96. The third kappa shape index (κ3) is 3.57. The highest BCUT2D eigenvalue weighted by Crippen LogP contribution is 2.28. The fourth-order valence-corrected chi connectivity index (χ4v) is 2.31. The first-order valence-electron chi connectivity index (χ1n) is 7.23. The number of alkyl halides is 1. The molecule has 0 bridgehead atoms. The molecule has 0 aliphatic rings. The topological polar surface area (TPSA) is 69.9 Å². The molecule has 0 fully saturated rings. The average molecular weight is 350 g/mol. The fraction of sp³-hybridized carbons (Fsp3) is 0.222. The lowest BCUT2D eigenvalue weighted by molar-refractivity contribution is -0.149. The Hall–Kier alpha value is -2.40. The fourth-order valence-electron chi connectivity index (χ4n) is 2.18. The third-order valence-corrected chi connectivity index (χ3v) is 4.14. The zero-order chi connectivity index (χ0) is 17.9. The first kappa shape index (κ1) is 17.9. The molecule has 2 aromatic carbocycles. The van der Waals surface area contributed by atoms with Gasteiger partial charge in [-0.15, -0.1) is 0 Å². The lowest BCUT2D eigenvalue weighted by atomic mass is 9.83. The van der Waals surface area contributed by atoms with E-state index in [9.17, 15) is 9.18 Å². The Morgan fingerprint density at radius 1 is 1.08 bits per heavy atom. The molecule has 0 radical (unpaired) electrons. The second-order valence-corrected chi connectivity index (χ2v) is 6.40. The molecule has 0 heterocycles. The molecule has 2 aromatic rings. The van der Waals surface area contributed by atoms with Crippen molar-refractivity contribution < 1.29 is 19.5 Å². The largest absolute Gasteiger partial charge is 0.481 e. The average Bonchev–Trinajstić information content (AvgIpc) is 2.56. The lowest BCUT2D eigenvalue weighted by Crippen LogP contribution is -2.40. The summed E-state index contributed by atoms with van der Waals surface area (Å²) in [5.74, 6) is -1.31. The Balaban J connectivity index is 2.31. The zero-order valence-corrected chi connectivity index (χ0v) is 14.0. The van der Waals surface area contributed by atoms with E-state index in [0.29, 0.717) is 10.6 Å². The minimum absolute atomic E-state index is 0.315. The Labute approximate surface area is 144 Å². The van der Waals surface area contributed by atoms with Crippen LogP contribution in [0.1, 0.15) is 19.4 Å². The number of rotatable bonds is 5. The number of carbonyl (C=O) groups is 1. The molecule has 2 rings (SSSR count). The summed E-state index contributed by atoms with van der Waals surface area (Å²) in [7, 11) is 0. The van der Waals surface area contributed by atoms with E-state index >= 15 is 0 Å². The van der Waals surface area contributed by atoms with Crippen molar-refractivity contribution in [1.29, 1.82) is 0 Å². The maximum absolute atomic E-state index is 14.6. The number of carboxylic acid groups (broad SMARTS) is 1. The molecule has 0 aromatic heterocycles. The lowest BCUT2D eigenvalue weighted by Gasteiger charge is -2.24. The SMILES string of the molecule is CC(C)(C(=O)O)C(F)/C(=N\O)c1ccc(-c2ccc(Cl)cc2)cc1. The van der Waals surface area contributed by atoms with Crippen molar-refractivity contribution in [2.75, 3.05) is 0 Å². The monoisotopic (exact) mass is 349 g/mol. The number of hydrogen-bond donors (Lipinski definition) is 2. The van der Waals surface area contributed by atoms with Gasteiger partial charge in [0.2, 0.25) is 0 Å². The standard InChI is InChI=1S/C18H17ClFNO3/c1-18(2,17(22)23)16(20)15(21-24)13-5-3-11(4-6-13)12-7-9-14(19)10-8-12/h3-10,16,24H,1-2H3,(H,22,23)/b21-15-. The number of halogens is 2. The maximum atomic E-state index is 14.6. The van der Waals surface area contributed by atoms with Gasteiger partial charge in [-0.3, -0.25) is 4.79 Å². The number of aliphatic carboxylic acids is 1. The first-order valence-corrected chi connectivity index (χ1v) is 7.61. The highest BCUT2D eigenvalue weighted by atomic mass is 35.5. The minimum Gasteiger partial charge on any atom is -0.481 e. The molecule has 126 valence electrons. The quantitative estimate of drug-likeness (QED) is 0.469. The van der Waals surface area contributed by atoms with Gasteiger partial charge in [0, 0.05) is 10.6 Å². The Morgan fingerprint density at radius 3 is 1.96 bits per heavy atom. The van der Waals surface area contributed by atoms with E-state index in [1.807, 2.05) is 12.1 Å². The van der Waals surface area contributed by atoms with E-state index < -0.39 is 17.6 Å². The predicted molar refractivity (Wildman–Crippen MR) is 91.5 cm³/mol. The molecule has 0 spiro atoms. The van der Waals surface area contributed by atoms with Crippen LogP contribution in [0.5, 0.6) is 0 Å². The van der Waals surface area contributed by atoms with Crippen molar-refractivity contribution in [1.82, 2.24) is 0 Å². The summed E-state index contributed by atoms with van der Waals surface area (Å²) in [4.78, 5) is 11.2. The molecule has 1 atom stereocenters. The molecule has 6 heteroatoms. The van der Waals surface area contributed by atoms with Crippen LogP contribution in [0.15, 0.2) is 53.7 Å². The van der Waals surface area contributed by atoms with Crippen molar-refractivity contribution >= 4 is 23.3 Å². The summed E-state index contributed by atoms with van der Waals surface area (Å²) < 4.78 is 14.6. The summed E-state index contributed by atoms with van der Waals surface area (Å²) in [6.07, 6.45) is -1.96. The summed E-state index contributed by atoms with van der Waals surface area (Å²) in [5, 5.41) is 21.9. The molecule has 0 amide bonds. The number of nitrogens with zero attached hydrogens (tertiary/aromatic N) is 1. The van der Waals surface area contributed by atoms with Gasteiger partial charge < -0.3 is 10.3 Å². The van der Waals surface area contributed by atoms with Gasteiger partial charge in [0.05, 0.1) is 5.41 Å². The maximum Gasteiger partial charge on any atom is 0.312 e. The molecule has 0 saturated carbocycles. The summed E-state index contributed by atoms with van der Waals surface area (Å²) in [5.41, 5.74) is 0.0926. The zero-order valence-electron chi connectivity index (χ0n) is 13.2. The third-order valence-electron chi connectivity index (χ3n) is 3.89. The van der Waals surface area contributed by atoms with Gasteiger partial charge in [-0.2, -0.15) is 0 Å². The number of benzene rings is 2. The van der Waals surface area contributed by atoms with E-state index in [2.05, 4.69) is 5.16 Å². The van der Waals surface area contributed by atoms with Crippen LogP contribution < -0.4 is 0 Å². The van der Waals surface area contributed by atoms with Crippen LogP contribution in [-0.2, 0) is 4.79 Å². The van der Waals surface area contributed by atoms with Crippen LogP contribution in [0.3, 0.4) is 0 Å². The summed E-state index contributed by atoms with van der Waals surface area (Å²) >= 11 is 5.85. The smallest absolute Gasteiger partial charge is 0.312 e. The van der Waals surface area contributed by atoms with Gasteiger partial charge in [0.1, 0.15) is 5.71 Å². The van der Waals surface area contributed by atoms with E-state index in [0.717, 1.165) is 11.1 Å². The highest BCUT2D eigenvalue weighted by Gasteiger charge is 2.41. The van der Waals surface area contributed by atoms with E-state index in [1.54, 1.807) is 36.4 Å². The number of hydrogen-bond acceptors (Lipinski definition) is 3. The van der Waals surface area contributed by atoms with Crippen molar-refractivity contribution in [2.45, 2.75) is 20.0 Å². The highest BCUT2D eigenvalue weighted by molar-refractivity contribution is 6.30. The molecule has 24 heavy (non-hydrogen) atoms. The van der Waals surface area contributed by atoms with Crippen LogP contribution >= 0.6 is 11.6 Å².